The predicted molar refractivity (Wildman–Crippen MR) is 98.0 cm³/mol. The Bertz CT molecular complexity index is 779. The maximum atomic E-state index is 14.1. The molecule has 1 N–H and O–H groups in total. The van der Waals surface area contributed by atoms with E-state index in [9.17, 15) is 4.39 Å². The number of aryl methyl sites for hydroxylation is 1. The van der Waals surface area contributed by atoms with E-state index < -0.39 is 0 Å². The van der Waals surface area contributed by atoms with E-state index >= 15 is 0 Å². The second-order valence-electron chi connectivity index (χ2n) is 6.89. The third-order valence-corrected chi connectivity index (χ3v) is 5.11. The Balaban J connectivity index is 1.57. The Morgan fingerprint density at radius 2 is 2.00 bits per heavy atom. The first kappa shape index (κ1) is 17.1. The van der Waals surface area contributed by atoms with Crippen LogP contribution in [-0.2, 0) is 17.6 Å². The van der Waals surface area contributed by atoms with E-state index in [4.69, 9.17) is 4.74 Å². The van der Waals surface area contributed by atoms with Gasteiger partial charge in [-0.1, -0.05) is 0 Å². The molecule has 0 radical (unpaired) electrons. The number of halogens is 1. The predicted octanol–water partition coefficient (Wildman–Crippen LogP) is 2.52. The number of hydrogen-bond donors (Lipinski definition) is 1. The summed E-state index contributed by atoms with van der Waals surface area (Å²) in [5.41, 5.74) is 2.85. The largest absolute Gasteiger partial charge is 0.381 e. The molecular weight excluding hydrogens is 333 g/mol. The highest BCUT2D eigenvalue weighted by Crippen LogP contribution is 2.26. The van der Waals surface area contributed by atoms with Crippen LogP contribution >= 0.6 is 0 Å². The molecule has 0 unspecified atom stereocenters. The second kappa shape index (κ2) is 7.53. The molecule has 1 fully saturated rings. The summed E-state index contributed by atoms with van der Waals surface area (Å²) in [4.78, 5) is 15.3. The van der Waals surface area contributed by atoms with Gasteiger partial charge in [-0.15, -0.1) is 0 Å². The number of ether oxygens (including phenoxy) is 1. The van der Waals surface area contributed by atoms with Gasteiger partial charge >= 0.3 is 0 Å². The van der Waals surface area contributed by atoms with E-state index in [0.717, 1.165) is 69.3 Å². The van der Waals surface area contributed by atoms with Crippen molar-refractivity contribution in [1.29, 1.82) is 0 Å². The average Bonchev–Trinajstić information content (AvgIpc) is 2.86. The zero-order valence-electron chi connectivity index (χ0n) is 15.0. The maximum absolute atomic E-state index is 14.1. The van der Waals surface area contributed by atoms with Crippen molar-refractivity contribution in [2.24, 2.45) is 0 Å². The zero-order valence-corrected chi connectivity index (χ0v) is 15.0. The van der Waals surface area contributed by atoms with Gasteiger partial charge in [0.25, 0.3) is 0 Å². The summed E-state index contributed by atoms with van der Waals surface area (Å²) in [6, 6.07) is 2.13. The molecule has 2 aromatic heterocycles. The Morgan fingerprint density at radius 1 is 1.19 bits per heavy atom. The fraction of sp³-hybridized carbons (Fsp3) is 0.526. The molecule has 0 aliphatic carbocycles. The van der Waals surface area contributed by atoms with Gasteiger partial charge in [-0.05, 0) is 32.3 Å². The monoisotopic (exact) mass is 357 g/mol. The number of pyridine rings is 1. The molecule has 0 amide bonds. The van der Waals surface area contributed by atoms with E-state index in [0.29, 0.717) is 11.7 Å². The van der Waals surface area contributed by atoms with Crippen LogP contribution in [-0.4, -0.2) is 47.3 Å². The molecule has 2 aromatic rings. The fourth-order valence-corrected chi connectivity index (χ4v) is 3.74. The smallest absolute Gasteiger partial charge is 0.164 e. The van der Waals surface area contributed by atoms with Crippen LogP contribution in [0, 0.1) is 12.7 Å². The van der Waals surface area contributed by atoms with Gasteiger partial charge in [0.05, 0.1) is 17.6 Å². The molecule has 1 saturated heterocycles. The van der Waals surface area contributed by atoms with Crippen LogP contribution in [0.1, 0.15) is 29.9 Å². The Hall–Kier alpha value is -2.28. The van der Waals surface area contributed by atoms with Crippen molar-refractivity contribution in [2.45, 2.75) is 38.6 Å². The van der Waals surface area contributed by atoms with E-state index in [2.05, 4.69) is 25.2 Å². The highest BCUT2D eigenvalue weighted by atomic mass is 19.1. The van der Waals surface area contributed by atoms with Crippen molar-refractivity contribution in [1.82, 2.24) is 15.0 Å². The topological polar surface area (TPSA) is 63.2 Å². The van der Waals surface area contributed by atoms with Crippen molar-refractivity contribution in [2.75, 3.05) is 36.5 Å². The van der Waals surface area contributed by atoms with Crippen LogP contribution in [0.3, 0.4) is 0 Å². The van der Waals surface area contributed by atoms with E-state index in [1.54, 1.807) is 12.3 Å². The second-order valence-corrected chi connectivity index (χ2v) is 6.89. The van der Waals surface area contributed by atoms with Crippen LogP contribution in [0.25, 0.3) is 0 Å². The van der Waals surface area contributed by atoms with Gasteiger partial charge in [-0.25, -0.2) is 14.4 Å². The number of nitrogens with one attached hydrogen (secondary N) is 1. The minimum absolute atomic E-state index is 0.277. The summed E-state index contributed by atoms with van der Waals surface area (Å²) in [5, 5.41) is 3.61. The molecule has 138 valence electrons. The third kappa shape index (κ3) is 3.62. The quantitative estimate of drug-likeness (QED) is 0.911. The summed E-state index contributed by atoms with van der Waals surface area (Å²) >= 11 is 0. The summed E-state index contributed by atoms with van der Waals surface area (Å²) in [6.45, 7) is 4.99. The summed E-state index contributed by atoms with van der Waals surface area (Å²) in [7, 11) is 0. The molecule has 0 spiro atoms. The van der Waals surface area contributed by atoms with E-state index in [1.807, 2.05) is 6.92 Å². The number of hydrogen-bond acceptors (Lipinski definition) is 6. The van der Waals surface area contributed by atoms with Crippen molar-refractivity contribution in [3.05, 3.63) is 41.4 Å². The Kier molecular flexibility index (Phi) is 4.97. The molecule has 6 nitrogen and oxygen atoms in total. The van der Waals surface area contributed by atoms with Gasteiger partial charge in [0.2, 0.25) is 0 Å². The molecule has 0 atom stereocenters. The van der Waals surface area contributed by atoms with Gasteiger partial charge < -0.3 is 15.0 Å². The van der Waals surface area contributed by atoms with Crippen LogP contribution in [0.5, 0.6) is 0 Å². The van der Waals surface area contributed by atoms with Crippen molar-refractivity contribution < 1.29 is 9.13 Å². The third-order valence-electron chi connectivity index (χ3n) is 5.11. The van der Waals surface area contributed by atoms with Gasteiger partial charge in [-0.2, -0.15) is 0 Å². The number of aromatic nitrogens is 3. The highest BCUT2D eigenvalue weighted by Gasteiger charge is 2.23. The molecule has 2 aliphatic rings. The molecule has 26 heavy (non-hydrogen) atoms. The minimum atomic E-state index is -0.277. The number of anilines is 2. The summed E-state index contributed by atoms with van der Waals surface area (Å²) in [6.07, 6.45) is 6.47. The van der Waals surface area contributed by atoms with Crippen molar-refractivity contribution >= 4 is 11.5 Å². The molecular formula is C19H24FN5O. The Morgan fingerprint density at radius 3 is 2.81 bits per heavy atom. The maximum Gasteiger partial charge on any atom is 0.164 e. The Labute approximate surface area is 152 Å². The first-order valence-corrected chi connectivity index (χ1v) is 9.26. The van der Waals surface area contributed by atoms with Gasteiger partial charge in [0, 0.05) is 50.5 Å². The highest BCUT2D eigenvalue weighted by molar-refractivity contribution is 5.52. The normalized spacial score (nSPS) is 18.3. The lowest BCUT2D eigenvalue weighted by Gasteiger charge is -2.25. The molecule has 0 saturated carbocycles. The van der Waals surface area contributed by atoms with Crippen LogP contribution < -0.4 is 10.2 Å². The molecule has 2 aliphatic heterocycles. The molecule has 0 aromatic carbocycles. The van der Waals surface area contributed by atoms with Crippen LogP contribution in [0.15, 0.2) is 18.5 Å². The van der Waals surface area contributed by atoms with Crippen molar-refractivity contribution in [3.63, 3.8) is 0 Å². The fourth-order valence-electron chi connectivity index (χ4n) is 3.74. The minimum Gasteiger partial charge on any atom is -0.381 e. The summed E-state index contributed by atoms with van der Waals surface area (Å²) in [5.74, 6) is 1.44. The first-order chi connectivity index (χ1) is 12.7. The molecule has 4 rings (SSSR count). The average molecular weight is 357 g/mol. The van der Waals surface area contributed by atoms with Gasteiger partial charge in [-0.3, -0.25) is 4.98 Å². The van der Waals surface area contributed by atoms with Crippen LogP contribution in [0.2, 0.25) is 0 Å². The number of rotatable bonds is 3. The van der Waals surface area contributed by atoms with E-state index in [-0.39, 0.29) is 5.82 Å². The lowest BCUT2D eigenvalue weighted by molar-refractivity contribution is 0.0903. The lowest BCUT2D eigenvalue weighted by Crippen LogP contribution is -2.29. The SMILES string of the molecule is Cc1nc2c(c(NC3CCOCC3)n1)CCN(c1ccncc1F)CC2. The zero-order chi connectivity index (χ0) is 17.9. The van der Waals surface area contributed by atoms with Crippen LogP contribution in [0.4, 0.5) is 15.9 Å². The molecule has 0 bridgehead atoms. The van der Waals surface area contributed by atoms with Crippen molar-refractivity contribution in [3.8, 4) is 0 Å². The number of nitrogens with zero attached hydrogens (tertiary/aromatic N) is 4. The molecule has 4 heterocycles. The number of fused-ring (bicyclic) bond motifs is 1. The first-order valence-electron chi connectivity index (χ1n) is 9.26. The molecule has 7 heteroatoms. The van der Waals surface area contributed by atoms with Gasteiger partial charge in [0.15, 0.2) is 5.82 Å². The lowest BCUT2D eigenvalue weighted by atomic mass is 10.1. The standard InChI is InChI=1S/C19H24FN5O/c1-13-22-17-4-9-25(18-2-7-21-12-16(18)20)8-3-15(17)19(23-13)24-14-5-10-26-11-6-14/h2,7,12,14H,3-6,8-11H2,1H3,(H,22,23,24). The van der Waals surface area contributed by atoms with E-state index in [1.165, 1.54) is 11.8 Å². The summed E-state index contributed by atoms with van der Waals surface area (Å²) < 4.78 is 19.6. The van der Waals surface area contributed by atoms with Gasteiger partial charge in [0.1, 0.15) is 11.6 Å².